The Kier molecular flexibility index (Phi) is 5.37. The SMILES string of the molecule is Cc1ccc(CNC(=O)c2ccccc2OCc2c(C)noc2C)cc1. The van der Waals surface area contributed by atoms with Crippen molar-refractivity contribution in [3.63, 3.8) is 0 Å². The Balaban J connectivity index is 1.67. The van der Waals surface area contributed by atoms with Gasteiger partial charge in [0.25, 0.3) is 5.91 Å². The van der Waals surface area contributed by atoms with Crippen LogP contribution in [0.5, 0.6) is 5.75 Å². The van der Waals surface area contributed by atoms with E-state index in [-0.39, 0.29) is 5.91 Å². The van der Waals surface area contributed by atoms with E-state index in [1.54, 1.807) is 12.1 Å². The summed E-state index contributed by atoms with van der Waals surface area (Å²) in [6.45, 7) is 6.53. The first-order chi connectivity index (χ1) is 12.5. The summed E-state index contributed by atoms with van der Waals surface area (Å²) in [5.74, 6) is 1.10. The van der Waals surface area contributed by atoms with Gasteiger partial charge in [-0.05, 0) is 38.5 Å². The number of aromatic nitrogens is 1. The summed E-state index contributed by atoms with van der Waals surface area (Å²) in [6, 6.07) is 15.3. The highest BCUT2D eigenvalue weighted by Crippen LogP contribution is 2.21. The lowest BCUT2D eigenvalue weighted by Crippen LogP contribution is -2.23. The minimum absolute atomic E-state index is 0.167. The van der Waals surface area contributed by atoms with Gasteiger partial charge in [0.05, 0.1) is 16.8 Å². The van der Waals surface area contributed by atoms with Crippen LogP contribution >= 0.6 is 0 Å². The minimum Gasteiger partial charge on any atom is -0.488 e. The summed E-state index contributed by atoms with van der Waals surface area (Å²) in [7, 11) is 0. The van der Waals surface area contributed by atoms with Gasteiger partial charge >= 0.3 is 0 Å². The topological polar surface area (TPSA) is 64.4 Å². The molecule has 0 aliphatic heterocycles. The molecule has 0 atom stereocenters. The van der Waals surface area contributed by atoms with Crippen molar-refractivity contribution in [2.75, 3.05) is 0 Å². The Morgan fingerprint density at radius 1 is 1.08 bits per heavy atom. The maximum absolute atomic E-state index is 12.6. The average Bonchev–Trinajstić information content (AvgIpc) is 2.97. The molecule has 0 unspecified atom stereocenters. The molecule has 0 fully saturated rings. The van der Waals surface area contributed by atoms with E-state index in [0.717, 1.165) is 22.6 Å². The van der Waals surface area contributed by atoms with Crippen molar-refractivity contribution >= 4 is 5.91 Å². The van der Waals surface area contributed by atoms with Crippen molar-refractivity contribution in [2.24, 2.45) is 0 Å². The lowest BCUT2D eigenvalue weighted by molar-refractivity contribution is 0.0946. The zero-order valence-corrected chi connectivity index (χ0v) is 15.2. The molecule has 3 aromatic rings. The van der Waals surface area contributed by atoms with E-state index < -0.39 is 0 Å². The summed E-state index contributed by atoms with van der Waals surface area (Å²) in [5, 5.41) is 6.86. The second kappa shape index (κ2) is 7.87. The van der Waals surface area contributed by atoms with E-state index in [2.05, 4.69) is 10.5 Å². The molecule has 0 spiro atoms. The number of carbonyl (C=O) groups is 1. The van der Waals surface area contributed by atoms with Gasteiger partial charge in [0.2, 0.25) is 0 Å². The summed E-state index contributed by atoms with van der Waals surface area (Å²) in [5.41, 5.74) is 4.45. The monoisotopic (exact) mass is 350 g/mol. The van der Waals surface area contributed by atoms with Gasteiger partial charge in [0, 0.05) is 6.54 Å². The molecule has 1 N–H and O–H groups in total. The number of nitrogens with one attached hydrogen (secondary N) is 1. The Morgan fingerprint density at radius 3 is 2.50 bits per heavy atom. The van der Waals surface area contributed by atoms with Gasteiger partial charge in [-0.1, -0.05) is 47.1 Å². The van der Waals surface area contributed by atoms with E-state index in [9.17, 15) is 4.79 Å². The molecule has 5 heteroatoms. The van der Waals surface area contributed by atoms with Crippen LogP contribution < -0.4 is 10.1 Å². The highest BCUT2D eigenvalue weighted by Gasteiger charge is 2.14. The first kappa shape index (κ1) is 17.7. The van der Waals surface area contributed by atoms with Crippen molar-refractivity contribution in [3.05, 3.63) is 82.2 Å². The fraction of sp³-hybridized carbons (Fsp3) is 0.238. The smallest absolute Gasteiger partial charge is 0.255 e. The van der Waals surface area contributed by atoms with Crippen LogP contribution in [0.15, 0.2) is 53.1 Å². The van der Waals surface area contributed by atoms with E-state index in [4.69, 9.17) is 9.26 Å². The molecule has 3 rings (SSSR count). The Morgan fingerprint density at radius 2 is 1.81 bits per heavy atom. The molecule has 2 aromatic carbocycles. The molecule has 5 nitrogen and oxygen atoms in total. The molecule has 0 aliphatic carbocycles. The number of carbonyl (C=O) groups excluding carboxylic acids is 1. The van der Waals surface area contributed by atoms with Crippen LogP contribution in [0, 0.1) is 20.8 Å². The van der Waals surface area contributed by atoms with E-state index in [1.165, 1.54) is 5.56 Å². The number of ether oxygens (including phenoxy) is 1. The largest absolute Gasteiger partial charge is 0.488 e. The normalized spacial score (nSPS) is 10.6. The zero-order chi connectivity index (χ0) is 18.5. The Bertz CT molecular complexity index is 878. The van der Waals surface area contributed by atoms with Crippen molar-refractivity contribution in [1.29, 1.82) is 0 Å². The molecule has 26 heavy (non-hydrogen) atoms. The van der Waals surface area contributed by atoms with Crippen LogP contribution in [-0.4, -0.2) is 11.1 Å². The Labute approximate surface area is 153 Å². The fourth-order valence-corrected chi connectivity index (χ4v) is 2.62. The molecule has 0 saturated heterocycles. The number of benzene rings is 2. The van der Waals surface area contributed by atoms with Crippen molar-refractivity contribution < 1.29 is 14.1 Å². The number of hydrogen-bond donors (Lipinski definition) is 1. The predicted octanol–water partition coefficient (Wildman–Crippen LogP) is 4.11. The molecular formula is C21H22N2O3. The van der Waals surface area contributed by atoms with Gasteiger partial charge in [-0.25, -0.2) is 0 Å². The van der Waals surface area contributed by atoms with Gasteiger partial charge < -0.3 is 14.6 Å². The second-order valence-corrected chi connectivity index (χ2v) is 6.26. The van der Waals surface area contributed by atoms with Gasteiger partial charge in [-0.2, -0.15) is 0 Å². The van der Waals surface area contributed by atoms with Crippen LogP contribution in [0.2, 0.25) is 0 Å². The van der Waals surface area contributed by atoms with Gasteiger partial charge in [0.1, 0.15) is 18.1 Å². The number of amides is 1. The van der Waals surface area contributed by atoms with Crippen LogP contribution in [0.3, 0.4) is 0 Å². The van der Waals surface area contributed by atoms with Crippen molar-refractivity contribution in [2.45, 2.75) is 33.9 Å². The molecular weight excluding hydrogens is 328 g/mol. The molecule has 0 radical (unpaired) electrons. The lowest BCUT2D eigenvalue weighted by atomic mass is 10.1. The van der Waals surface area contributed by atoms with Crippen LogP contribution in [-0.2, 0) is 13.2 Å². The van der Waals surface area contributed by atoms with Crippen LogP contribution in [0.1, 0.15) is 38.5 Å². The maximum Gasteiger partial charge on any atom is 0.255 e. The number of rotatable bonds is 6. The number of nitrogens with zero attached hydrogens (tertiary/aromatic N) is 1. The lowest BCUT2D eigenvalue weighted by Gasteiger charge is -2.12. The van der Waals surface area contributed by atoms with Crippen molar-refractivity contribution in [1.82, 2.24) is 10.5 Å². The molecule has 0 saturated carbocycles. The highest BCUT2D eigenvalue weighted by molar-refractivity contribution is 5.96. The maximum atomic E-state index is 12.6. The van der Waals surface area contributed by atoms with Gasteiger partial charge in [0.15, 0.2) is 0 Å². The zero-order valence-electron chi connectivity index (χ0n) is 15.2. The number of hydrogen-bond acceptors (Lipinski definition) is 4. The average molecular weight is 350 g/mol. The quantitative estimate of drug-likeness (QED) is 0.727. The van der Waals surface area contributed by atoms with Crippen LogP contribution in [0.25, 0.3) is 0 Å². The third kappa shape index (κ3) is 4.11. The van der Waals surface area contributed by atoms with Crippen LogP contribution in [0.4, 0.5) is 0 Å². The fourth-order valence-electron chi connectivity index (χ4n) is 2.62. The first-order valence-corrected chi connectivity index (χ1v) is 8.52. The van der Waals surface area contributed by atoms with E-state index >= 15 is 0 Å². The minimum atomic E-state index is -0.167. The standard InChI is InChI=1S/C21H22N2O3/c1-14-8-10-17(11-9-14)12-22-21(24)18-6-4-5-7-20(18)25-13-19-15(2)23-26-16(19)3/h4-11H,12-13H2,1-3H3,(H,22,24). The number of aryl methyl sites for hydroxylation is 3. The first-order valence-electron chi connectivity index (χ1n) is 8.52. The summed E-state index contributed by atoms with van der Waals surface area (Å²) < 4.78 is 11.0. The van der Waals surface area contributed by atoms with Gasteiger partial charge in [-0.3, -0.25) is 4.79 Å². The molecule has 1 aromatic heterocycles. The molecule has 134 valence electrons. The second-order valence-electron chi connectivity index (χ2n) is 6.26. The summed E-state index contributed by atoms with van der Waals surface area (Å²) in [4.78, 5) is 12.6. The summed E-state index contributed by atoms with van der Waals surface area (Å²) >= 11 is 0. The molecule has 0 aliphatic rings. The Hall–Kier alpha value is -3.08. The highest BCUT2D eigenvalue weighted by atomic mass is 16.5. The molecule has 1 heterocycles. The third-order valence-corrected chi connectivity index (χ3v) is 4.26. The molecule has 0 bridgehead atoms. The van der Waals surface area contributed by atoms with Crippen molar-refractivity contribution in [3.8, 4) is 5.75 Å². The van der Waals surface area contributed by atoms with E-state index in [1.807, 2.05) is 57.2 Å². The number of para-hydroxylation sites is 1. The third-order valence-electron chi connectivity index (χ3n) is 4.26. The van der Waals surface area contributed by atoms with E-state index in [0.29, 0.717) is 24.5 Å². The molecule has 1 amide bonds. The predicted molar refractivity (Wildman–Crippen MR) is 99.1 cm³/mol. The van der Waals surface area contributed by atoms with Gasteiger partial charge in [-0.15, -0.1) is 0 Å². The summed E-state index contributed by atoms with van der Waals surface area (Å²) in [6.07, 6.45) is 0.